The Bertz CT molecular complexity index is 1410. The molecule has 3 rings (SSSR count). The van der Waals surface area contributed by atoms with Gasteiger partial charge >= 0.3 is 5.97 Å². The molecular weight excluding hydrogens is 456 g/mol. The molecular formula is C24H16N4O7. The summed E-state index contributed by atoms with van der Waals surface area (Å²) >= 11 is 0. The van der Waals surface area contributed by atoms with Crippen molar-refractivity contribution < 1.29 is 24.2 Å². The molecule has 0 radical (unpaired) electrons. The van der Waals surface area contributed by atoms with Gasteiger partial charge in [-0.2, -0.15) is 5.26 Å². The van der Waals surface area contributed by atoms with E-state index in [2.05, 4.69) is 5.32 Å². The standard InChI is InChI=1S/C24H16N4O7/c1-15-11-20(28(33)34)7-10-22(15)26-23(29)18(14-25)12-16-5-8-21(9-6-16)35-24(30)17-3-2-4-19(13-17)27(31)32/h2-13H,1H3,(H,26,29). The van der Waals surface area contributed by atoms with Crippen molar-refractivity contribution in [1.29, 1.82) is 5.26 Å². The Morgan fingerprint density at radius 2 is 1.63 bits per heavy atom. The van der Waals surface area contributed by atoms with Crippen LogP contribution >= 0.6 is 0 Å². The van der Waals surface area contributed by atoms with Gasteiger partial charge in [0.2, 0.25) is 0 Å². The fourth-order valence-electron chi connectivity index (χ4n) is 2.95. The number of carbonyl (C=O) groups is 2. The summed E-state index contributed by atoms with van der Waals surface area (Å²) in [6.45, 7) is 1.59. The molecule has 174 valence electrons. The number of rotatable bonds is 7. The molecule has 0 atom stereocenters. The lowest BCUT2D eigenvalue weighted by atomic mass is 10.1. The normalized spacial score (nSPS) is 10.7. The van der Waals surface area contributed by atoms with Gasteiger partial charge in [-0.1, -0.05) is 18.2 Å². The average molecular weight is 472 g/mol. The number of ether oxygens (including phenoxy) is 1. The lowest BCUT2D eigenvalue weighted by Gasteiger charge is -2.08. The number of nitriles is 1. The Hall–Kier alpha value is -5.37. The highest BCUT2D eigenvalue weighted by atomic mass is 16.6. The molecule has 0 bridgehead atoms. The molecule has 3 aromatic carbocycles. The third kappa shape index (κ3) is 6.11. The van der Waals surface area contributed by atoms with Crippen LogP contribution in [0.15, 0.2) is 72.3 Å². The zero-order valence-corrected chi connectivity index (χ0v) is 18.1. The maximum Gasteiger partial charge on any atom is 0.343 e. The predicted octanol–water partition coefficient (Wildman–Crippen LogP) is 4.58. The molecule has 11 nitrogen and oxygen atoms in total. The highest BCUT2D eigenvalue weighted by molar-refractivity contribution is 6.10. The number of hydrogen-bond donors (Lipinski definition) is 1. The summed E-state index contributed by atoms with van der Waals surface area (Å²) in [4.78, 5) is 45.3. The number of aryl methyl sites for hydroxylation is 1. The van der Waals surface area contributed by atoms with Crippen molar-refractivity contribution in [3.63, 3.8) is 0 Å². The topological polar surface area (TPSA) is 165 Å². The van der Waals surface area contributed by atoms with Crippen molar-refractivity contribution in [2.45, 2.75) is 6.92 Å². The van der Waals surface area contributed by atoms with Crippen molar-refractivity contribution in [1.82, 2.24) is 0 Å². The fraction of sp³-hybridized carbons (Fsp3) is 0.0417. The molecule has 0 spiro atoms. The quantitative estimate of drug-likeness (QED) is 0.130. The van der Waals surface area contributed by atoms with E-state index >= 15 is 0 Å². The lowest BCUT2D eigenvalue weighted by molar-refractivity contribution is -0.385. The van der Waals surface area contributed by atoms with Crippen LogP contribution < -0.4 is 10.1 Å². The predicted molar refractivity (Wildman–Crippen MR) is 125 cm³/mol. The van der Waals surface area contributed by atoms with Gasteiger partial charge in [0.1, 0.15) is 17.4 Å². The number of amides is 1. The van der Waals surface area contributed by atoms with Crippen molar-refractivity contribution in [3.05, 3.63) is 109 Å². The largest absolute Gasteiger partial charge is 0.423 e. The first-order chi connectivity index (χ1) is 16.7. The second kappa shape index (κ2) is 10.5. The second-order valence-electron chi connectivity index (χ2n) is 7.15. The van der Waals surface area contributed by atoms with Gasteiger partial charge in [0, 0.05) is 30.0 Å². The van der Waals surface area contributed by atoms with E-state index in [0.29, 0.717) is 16.8 Å². The number of benzene rings is 3. The number of carbonyl (C=O) groups excluding carboxylic acids is 2. The van der Waals surface area contributed by atoms with E-state index in [9.17, 15) is 35.1 Å². The molecule has 11 heteroatoms. The van der Waals surface area contributed by atoms with Gasteiger partial charge in [-0.25, -0.2) is 4.79 Å². The van der Waals surface area contributed by atoms with Crippen molar-refractivity contribution >= 4 is 35.0 Å². The molecule has 3 aromatic rings. The number of non-ortho nitro benzene ring substituents is 2. The number of nitro groups is 2. The number of esters is 1. The number of nitrogens with one attached hydrogen (secondary N) is 1. The average Bonchev–Trinajstić information content (AvgIpc) is 2.84. The van der Waals surface area contributed by atoms with Crippen LogP contribution in [0.2, 0.25) is 0 Å². The number of hydrogen-bond acceptors (Lipinski definition) is 8. The monoisotopic (exact) mass is 472 g/mol. The number of nitro benzene ring substituents is 2. The van der Waals surface area contributed by atoms with Crippen LogP contribution in [0, 0.1) is 38.5 Å². The minimum Gasteiger partial charge on any atom is -0.423 e. The Morgan fingerprint density at radius 1 is 0.971 bits per heavy atom. The Kier molecular flexibility index (Phi) is 7.28. The van der Waals surface area contributed by atoms with Crippen LogP contribution in [0.4, 0.5) is 17.1 Å². The lowest BCUT2D eigenvalue weighted by Crippen LogP contribution is -2.14. The summed E-state index contributed by atoms with van der Waals surface area (Å²) in [5.41, 5.74) is 0.670. The molecule has 0 saturated heterocycles. The Morgan fingerprint density at radius 3 is 2.23 bits per heavy atom. The van der Waals surface area contributed by atoms with Crippen LogP contribution in [0.25, 0.3) is 6.08 Å². The molecule has 0 aliphatic carbocycles. The Balaban J connectivity index is 1.71. The SMILES string of the molecule is Cc1cc([N+](=O)[O-])ccc1NC(=O)C(C#N)=Cc1ccc(OC(=O)c2cccc([N+](=O)[O-])c2)cc1. The van der Waals surface area contributed by atoms with Gasteiger partial charge < -0.3 is 10.1 Å². The molecule has 0 aliphatic heterocycles. The van der Waals surface area contributed by atoms with E-state index in [1.165, 1.54) is 66.7 Å². The smallest absolute Gasteiger partial charge is 0.343 e. The van der Waals surface area contributed by atoms with E-state index in [4.69, 9.17) is 4.74 Å². The molecule has 1 N–H and O–H groups in total. The van der Waals surface area contributed by atoms with Crippen LogP contribution in [0.3, 0.4) is 0 Å². The molecule has 0 aromatic heterocycles. The van der Waals surface area contributed by atoms with Crippen LogP contribution in [0.5, 0.6) is 5.75 Å². The van der Waals surface area contributed by atoms with Gasteiger partial charge in [0.15, 0.2) is 0 Å². The number of nitrogens with zero attached hydrogens (tertiary/aromatic N) is 3. The first-order valence-electron chi connectivity index (χ1n) is 9.93. The molecule has 0 aliphatic rings. The summed E-state index contributed by atoms with van der Waals surface area (Å²) in [7, 11) is 0. The first-order valence-corrected chi connectivity index (χ1v) is 9.93. The second-order valence-corrected chi connectivity index (χ2v) is 7.15. The molecule has 0 heterocycles. The van der Waals surface area contributed by atoms with E-state index in [1.54, 1.807) is 13.0 Å². The third-order valence-electron chi connectivity index (χ3n) is 4.73. The summed E-state index contributed by atoms with van der Waals surface area (Å²) in [6.07, 6.45) is 1.32. The third-order valence-corrected chi connectivity index (χ3v) is 4.73. The zero-order valence-electron chi connectivity index (χ0n) is 18.1. The molecule has 0 saturated carbocycles. The van der Waals surface area contributed by atoms with Crippen molar-refractivity contribution in [3.8, 4) is 11.8 Å². The highest BCUT2D eigenvalue weighted by Crippen LogP contribution is 2.22. The minimum atomic E-state index is -0.785. The van der Waals surface area contributed by atoms with E-state index in [1.807, 2.05) is 0 Å². The van der Waals surface area contributed by atoms with Crippen molar-refractivity contribution in [2.24, 2.45) is 0 Å². The number of anilines is 1. The van der Waals surface area contributed by atoms with E-state index in [0.717, 1.165) is 6.07 Å². The van der Waals surface area contributed by atoms with Gasteiger partial charge in [0.05, 0.1) is 15.4 Å². The maximum atomic E-state index is 12.5. The fourth-order valence-corrected chi connectivity index (χ4v) is 2.95. The zero-order chi connectivity index (χ0) is 25.5. The van der Waals surface area contributed by atoms with E-state index in [-0.39, 0.29) is 28.3 Å². The molecule has 1 amide bonds. The minimum absolute atomic E-state index is 0.00754. The Labute approximate surface area is 198 Å². The van der Waals surface area contributed by atoms with E-state index < -0.39 is 21.7 Å². The van der Waals surface area contributed by atoms with Crippen molar-refractivity contribution in [2.75, 3.05) is 5.32 Å². The summed E-state index contributed by atoms with van der Waals surface area (Å²) in [5, 5.41) is 33.7. The van der Waals surface area contributed by atoms with Crippen LogP contribution in [0.1, 0.15) is 21.5 Å². The molecule has 35 heavy (non-hydrogen) atoms. The van der Waals surface area contributed by atoms with Gasteiger partial charge in [0.25, 0.3) is 17.3 Å². The van der Waals surface area contributed by atoms with Crippen LogP contribution in [-0.2, 0) is 4.79 Å². The highest BCUT2D eigenvalue weighted by Gasteiger charge is 2.15. The van der Waals surface area contributed by atoms with Gasteiger partial charge in [-0.05, 0) is 48.4 Å². The van der Waals surface area contributed by atoms with Crippen LogP contribution in [-0.4, -0.2) is 21.7 Å². The first kappa shape index (κ1) is 24.3. The van der Waals surface area contributed by atoms with Gasteiger partial charge in [-0.3, -0.25) is 25.0 Å². The van der Waals surface area contributed by atoms with Gasteiger partial charge in [-0.15, -0.1) is 0 Å². The maximum absolute atomic E-state index is 12.5. The summed E-state index contributed by atoms with van der Waals surface area (Å²) < 4.78 is 5.21. The molecule has 0 unspecified atom stereocenters. The summed E-state index contributed by atoms with van der Waals surface area (Å²) in [6, 6.07) is 16.7. The molecule has 0 fully saturated rings. The summed E-state index contributed by atoms with van der Waals surface area (Å²) in [5.74, 6) is -1.33.